The fraction of sp³-hybridized carbons (Fsp3) is 0.150. The summed E-state index contributed by atoms with van der Waals surface area (Å²) in [6, 6.07) is 16.5. The van der Waals surface area contributed by atoms with Gasteiger partial charge in [0.1, 0.15) is 5.75 Å². The van der Waals surface area contributed by atoms with Crippen molar-refractivity contribution < 1.29 is 9.53 Å². The van der Waals surface area contributed by atoms with E-state index in [2.05, 4.69) is 26.9 Å². The first-order chi connectivity index (χ1) is 12.5. The van der Waals surface area contributed by atoms with Gasteiger partial charge < -0.3 is 15.4 Å². The summed E-state index contributed by atoms with van der Waals surface area (Å²) in [5.41, 5.74) is 3.81. The van der Waals surface area contributed by atoms with Crippen LogP contribution in [-0.2, 0) is 0 Å². The van der Waals surface area contributed by atoms with Crippen LogP contribution in [0.3, 0.4) is 0 Å². The third-order valence-corrected chi connectivity index (χ3v) is 3.75. The van der Waals surface area contributed by atoms with Crippen LogP contribution in [0, 0.1) is 13.8 Å². The first-order valence-corrected chi connectivity index (χ1v) is 8.18. The quantitative estimate of drug-likeness (QED) is 0.726. The number of anilines is 3. The molecule has 0 spiro atoms. The van der Waals surface area contributed by atoms with E-state index in [-0.39, 0.29) is 5.91 Å². The summed E-state index contributed by atoms with van der Waals surface area (Å²) in [4.78, 5) is 12.2. The maximum absolute atomic E-state index is 12.2. The molecular formula is C20H20N4O2. The number of amides is 1. The van der Waals surface area contributed by atoms with Crippen LogP contribution in [0.1, 0.15) is 21.5 Å². The minimum atomic E-state index is -0.253. The molecule has 0 saturated heterocycles. The molecule has 6 nitrogen and oxygen atoms in total. The number of benzene rings is 2. The molecule has 2 N–H and O–H groups in total. The molecular weight excluding hydrogens is 328 g/mol. The Morgan fingerprint density at radius 1 is 0.885 bits per heavy atom. The van der Waals surface area contributed by atoms with E-state index in [0.717, 1.165) is 5.69 Å². The number of aromatic nitrogens is 2. The van der Waals surface area contributed by atoms with E-state index in [1.807, 2.05) is 26.0 Å². The molecule has 0 saturated carbocycles. The Balaban J connectivity index is 1.66. The predicted molar refractivity (Wildman–Crippen MR) is 102 cm³/mol. The lowest BCUT2D eigenvalue weighted by Gasteiger charge is -2.08. The number of methoxy groups -OCH3 is 1. The average molecular weight is 348 g/mol. The molecule has 0 unspecified atom stereocenters. The number of ether oxygens (including phenoxy) is 1. The molecule has 0 aliphatic rings. The van der Waals surface area contributed by atoms with Crippen LogP contribution < -0.4 is 15.4 Å². The molecule has 0 bridgehead atoms. The van der Waals surface area contributed by atoms with Gasteiger partial charge in [-0.3, -0.25) is 4.79 Å². The lowest BCUT2D eigenvalue weighted by molar-refractivity contribution is 0.102. The van der Waals surface area contributed by atoms with Crippen molar-refractivity contribution in [1.29, 1.82) is 0 Å². The molecule has 1 heterocycles. The van der Waals surface area contributed by atoms with Crippen molar-refractivity contribution in [2.24, 2.45) is 0 Å². The van der Waals surface area contributed by atoms with E-state index >= 15 is 0 Å². The molecule has 0 fully saturated rings. The number of carbonyl (C=O) groups is 1. The SMILES string of the molecule is COc1ccc(C(=O)Nc2ccc(Nc3cc(C)cc(C)c3)nn2)cc1. The van der Waals surface area contributed by atoms with Crippen LogP contribution in [0.25, 0.3) is 0 Å². The molecule has 0 atom stereocenters. The molecule has 1 amide bonds. The van der Waals surface area contributed by atoms with Crippen LogP contribution in [0.5, 0.6) is 5.75 Å². The summed E-state index contributed by atoms with van der Waals surface area (Å²) in [7, 11) is 1.58. The number of hydrogen-bond acceptors (Lipinski definition) is 5. The maximum atomic E-state index is 12.2. The Morgan fingerprint density at radius 2 is 1.50 bits per heavy atom. The Labute approximate surface area is 152 Å². The van der Waals surface area contributed by atoms with Gasteiger partial charge in [0.2, 0.25) is 0 Å². The van der Waals surface area contributed by atoms with Crippen molar-refractivity contribution in [2.75, 3.05) is 17.7 Å². The highest BCUT2D eigenvalue weighted by Gasteiger charge is 2.08. The lowest BCUT2D eigenvalue weighted by atomic mass is 10.1. The molecule has 132 valence electrons. The van der Waals surface area contributed by atoms with Crippen molar-refractivity contribution in [3.05, 3.63) is 71.3 Å². The second-order valence-corrected chi connectivity index (χ2v) is 5.99. The topological polar surface area (TPSA) is 76.1 Å². The zero-order chi connectivity index (χ0) is 18.5. The van der Waals surface area contributed by atoms with Crippen LogP contribution >= 0.6 is 0 Å². The fourth-order valence-electron chi connectivity index (χ4n) is 2.59. The normalized spacial score (nSPS) is 10.3. The van der Waals surface area contributed by atoms with Gasteiger partial charge in [0.05, 0.1) is 7.11 Å². The highest BCUT2D eigenvalue weighted by molar-refractivity contribution is 6.03. The van der Waals surface area contributed by atoms with E-state index in [4.69, 9.17) is 4.74 Å². The maximum Gasteiger partial charge on any atom is 0.256 e. The van der Waals surface area contributed by atoms with E-state index in [9.17, 15) is 4.79 Å². The van der Waals surface area contributed by atoms with Gasteiger partial charge in [-0.15, -0.1) is 10.2 Å². The van der Waals surface area contributed by atoms with E-state index < -0.39 is 0 Å². The van der Waals surface area contributed by atoms with Gasteiger partial charge in [0.25, 0.3) is 5.91 Å². The Morgan fingerprint density at radius 3 is 2.08 bits per heavy atom. The standard InChI is InChI=1S/C20H20N4O2/c1-13-10-14(2)12-16(11-13)21-18-8-9-19(24-23-18)22-20(25)15-4-6-17(26-3)7-5-15/h4-12H,1-3H3,(H,21,23)(H,22,24,25). The van der Waals surface area contributed by atoms with Crippen molar-refractivity contribution in [1.82, 2.24) is 10.2 Å². The van der Waals surface area contributed by atoms with Crippen molar-refractivity contribution in [2.45, 2.75) is 13.8 Å². The van der Waals surface area contributed by atoms with Gasteiger partial charge in [0, 0.05) is 11.3 Å². The lowest BCUT2D eigenvalue weighted by Crippen LogP contribution is -2.13. The van der Waals surface area contributed by atoms with E-state index in [1.165, 1.54) is 11.1 Å². The largest absolute Gasteiger partial charge is 0.497 e. The van der Waals surface area contributed by atoms with Gasteiger partial charge in [0.15, 0.2) is 11.6 Å². The number of carbonyl (C=O) groups excluding carboxylic acids is 1. The first-order valence-electron chi connectivity index (χ1n) is 8.18. The molecule has 3 aromatic rings. The van der Waals surface area contributed by atoms with Crippen molar-refractivity contribution in [3.63, 3.8) is 0 Å². The Hall–Kier alpha value is -3.41. The van der Waals surface area contributed by atoms with Gasteiger partial charge in [-0.2, -0.15) is 0 Å². The number of nitrogens with zero attached hydrogens (tertiary/aromatic N) is 2. The number of nitrogens with one attached hydrogen (secondary N) is 2. The molecule has 0 radical (unpaired) electrons. The zero-order valence-electron chi connectivity index (χ0n) is 14.9. The highest BCUT2D eigenvalue weighted by atomic mass is 16.5. The summed E-state index contributed by atoms with van der Waals surface area (Å²) in [6.07, 6.45) is 0. The summed E-state index contributed by atoms with van der Waals surface area (Å²) in [5, 5.41) is 14.1. The Bertz CT molecular complexity index is 886. The van der Waals surface area contributed by atoms with Gasteiger partial charge in [-0.1, -0.05) is 6.07 Å². The molecule has 2 aromatic carbocycles. The summed E-state index contributed by atoms with van der Waals surface area (Å²) in [5.74, 6) is 1.44. The number of aryl methyl sites for hydroxylation is 2. The van der Waals surface area contributed by atoms with Gasteiger partial charge in [-0.05, 0) is 73.5 Å². The van der Waals surface area contributed by atoms with Crippen LogP contribution in [-0.4, -0.2) is 23.2 Å². The van der Waals surface area contributed by atoms with Crippen LogP contribution in [0.4, 0.5) is 17.3 Å². The summed E-state index contributed by atoms with van der Waals surface area (Å²) < 4.78 is 5.08. The zero-order valence-corrected chi connectivity index (χ0v) is 14.9. The molecule has 3 rings (SSSR count). The van der Waals surface area contributed by atoms with Crippen molar-refractivity contribution in [3.8, 4) is 5.75 Å². The highest BCUT2D eigenvalue weighted by Crippen LogP contribution is 2.19. The average Bonchev–Trinajstić information content (AvgIpc) is 2.62. The second kappa shape index (κ2) is 7.65. The van der Waals surface area contributed by atoms with Gasteiger partial charge >= 0.3 is 0 Å². The Kier molecular flexibility index (Phi) is 5.12. The monoisotopic (exact) mass is 348 g/mol. The first kappa shape index (κ1) is 17.4. The van der Waals surface area contributed by atoms with Gasteiger partial charge in [-0.25, -0.2) is 0 Å². The minimum absolute atomic E-state index is 0.253. The van der Waals surface area contributed by atoms with Crippen LogP contribution in [0.2, 0.25) is 0 Å². The summed E-state index contributed by atoms with van der Waals surface area (Å²) in [6.45, 7) is 4.09. The smallest absolute Gasteiger partial charge is 0.256 e. The predicted octanol–water partition coefficient (Wildman–Crippen LogP) is 4.10. The molecule has 1 aromatic heterocycles. The minimum Gasteiger partial charge on any atom is -0.497 e. The fourth-order valence-corrected chi connectivity index (χ4v) is 2.59. The molecule has 0 aliphatic heterocycles. The van der Waals surface area contributed by atoms with Crippen LogP contribution in [0.15, 0.2) is 54.6 Å². The third-order valence-electron chi connectivity index (χ3n) is 3.75. The molecule has 26 heavy (non-hydrogen) atoms. The molecule has 0 aliphatic carbocycles. The van der Waals surface area contributed by atoms with E-state index in [0.29, 0.717) is 22.9 Å². The van der Waals surface area contributed by atoms with Crippen molar-refractivity contribution >= 4 is 23.2 Å². The third kappa shape index (κ3) is 4.36. The van der Waals surface area contributed by atoms with E-state index in [1.54, 1.807) is 43.5 Å². The second-order valence-electron chi connectivity index (χ2n) is 5.99. The number of rotatable bonds is 5. The molecule has 6 heteroatoms. The summed E-state index contributed by atoms with van der Waals surface area (Å²) >= 11 is 0. The number of hydrogen-bond donors (Lipinski definition) is 2.